The number of benzene rings is 4. The van der Waals surface area contributed by atoms with Crippen molar-refractivity contribution in [3.05, 3.63) is 154 Å². The van der Waals surface area contributed by atoms with Crippen LogP contribution in [-0.2, 0) is 9.84 Å². The topological polar surface area (TPSA) is 34.1 Å². The fourth-order valence-corrected chi connectivity index (χ4v) is 5.92. The van der Waals surface area contributed by atoms with Gasteiger partial charge in [0, 0.05) is 23.3 Å². The molecule has 4 aromatic rings. The van der Waals surface area contributed by atoms with Gasteiger partial charge in [0.05, 0.1) is 0 Å². The Morgan fingerprint density at radius 3 is 1.15 bits per heavy atom. The summed E-state index contributed by atoms with van der Waals surface area (Å²) >= 11 is 0. The monoisotopic (exact) mass is 558 g/mol. The SMILES string of the molecule is O=S(=O)(C(/C=C/c1ccc(F)cc1F)c1ccc(F)cc1)C(/C=C/c1ccc(F)cc1F)c1ccc(F)cc1. The van der Waals surface area contributed by atoms with E-state index in [1.807, 2.05) is 0 Å². The lowest BCUT2D eigenvalue weighted by Gasteiger charge is -2.22. The number of sulfone groups is 1. The van der Waals surface area contributed by atoms with E-state index in [0.29, 0.717) is 12.1 Å². The molecular weight excluding hydrogens is 538 g/mol. The van der Waals surface area contributed by atoms with Crippen molar-refractivity contribution in [2.45, 2.75) is 10.5 Å². The first-order chi connectivity index (χ1) is 18.5. The molecule has 2 atom stereocenters. The molecule has 4 aromatic carbocycles. The van der Waals surface area contributed by atoms with Crippen LogP contribution in [0.3, 0.4) is 0 Å². The minimum absolute atomic E-state index is 0.0963. The van der Waals surface area contributed by atoms with E-state index in [4.69, 9.17) is 0 Å². The third-order valence-corrected chi connectivity index (χ3v) is 8.21. The highest BCUT2D eigenvalue weighted by Crippen LogP contribution is 2.37. The summed E-state index contributed by atoms with van der Waals surface area (Å²) in [6.07, 6.45) is 4.65. The average Bonchev–Trinajstić information content (AvgIpc) is 2.88. The van der Waals surface area contributed by atoms with Gasteiger partial charge < -0.3 is 0 Å². The van der Waals surface area contributed by atoms with E-state index in [1.165, 1.54) is 36.4 Å². The predicted octanol–water partition coefficient (Wildman–Crippen LogP) is 8.15. The Balaban J connectivity index is 1.85. The quantitative estimate of drug-likeness (QED) is 0.205. The molecule has 0 aliphatic rings. The van der Waals surface area contributed by atoms with E-state index in [0.717, 1.165) is 60.7 Å². The van der Waals surface area contributed by atoms with Crippen LogP contribution >= 0.6 is 0 Å². The lowest BCUT2D eigenvalue weighted by atomic mass is 10.1. The van der Waals surface area contributed by atoms with Crippen LogP contribution in [-0.4, -0.2) is 8.42 Å². The normalized spacial score (nSPS) is 13.7. The van der Waals surface area contributed by atoms with E-state index >= 15 is 0 Å². The lowest BCUT2D eigenvalue weighted by Crippen LogP contribution is -2.19. The maximum Gasteiger partial charge on any atom is 0.171 e. The Hall–Kier alpha value is -4.11. The molecular formula is C30H20F6O2S. The van der Waals surface area contributed by atoms with Crippen LogP contribution < -0.4 is 0 Å². The van der Waals surface area contributed by atoms with Crippen molar-refractivity contribution in [2.75, 3.05) is 0 Å². The molecule has 9 heteroatoms. The Kier molecular flexibility index (Phi) is 8.40. The third-order valence-electron chi connectivity index (χ3n) is 5.93. The van der Waals surface area contributed by atoms with Gasteiger partial charge in [-0.3, -0.25) is 0 Å². The first-order valence-electron chi connectivity index (χ1n) is 11.5. The fourth-order valence-electron chi connectivity index (χ4n) is 3.94. The van der Waals surface area contributed by atoms with Crippen LogP contribution in [0, 0.1) is 34.9 Å². The second-order valence-electron chi connectivity index (χ2n) is 8.58. The Morgan fingerprint density at radius 1 is 0.487 bits per heavy atom. The van der Waals surface area contributed by atoms with Crippen LogP contribution in [0.2, 0.25) is 0 Å². The molecule has 0 N–H and O–H groups in total. The summed E-state index contributed by atoms with van der Waals surface area (Å²) in [5, 5.41) is -2.97. The average molecular weight is 559 g/mol. The van der Waals surface area contributed by atoms with Crippen molar-refractivity contribution >= 4 is 22.0 Å². The van der Waals surface area contributed by atoms with E-state index in [1.54, 1.807) is 0 Å². The van der Waals surface area contributed by atoms with E-state index in [-0.39, 0.29) is 22.3 Å². The third kappa shape index (κ3) is 6.67. The van der Waals surface area contributed by atoms with Crippen LogP contribution in [0.25, 0.3) is 12.2 Å². The molecule has 0 fully saturated rings. The first kappa shape index (κ1) is 27.9. The zero-order chi connectivity index (χ0) is 28.2. The van der Waals surface area contributed by atoms with Gasteiger partial charge in [0.2, 0.25) is 0 Å². The standard InChI is InChI=1S/C30H20F6O2S/c31-23-9-3-21(4-10-23)29(15-7-19-1-13-25(33)17-27(19)35)39(37,38)30(22-5-11-24(32)12-6-22)16-8-20-2-14-26(34)18-28(20)36/h1-18,29-30H/b15-7+,16-8+. The van der Waals surface area contributed by atoms with E-state index in [9.17, 15) is 34.8 Å². The molecule has 0 bridgehead atoms. The van der Waals surface area contributed by atoms with E-state index < -0.39 is 55.2 Å². The second-order valence-corrected chi connectivity index (χ2v) is 10.8. The van der Waals surface area contributed by atoms with Gasteiger partial charge in [-0.05, 0) is 59.7 Å². The lowest BCUT2D eigenvalue weighted by molar-refractivity contribution is 0.579. The molecule has 39 heavy (non-hydrogen) atoms. The molecule has 0 saturated heterocycles. The molecule has 4 rings (SSSR count). The Labute approximate surface area is 221 Å². The van der Waals surface area contributed by atoms with E-state index in [2.05, 4.69) is 0 Å². The summed E-state index contributed by atoms with van der Waals surface area (Å²) in [6.45, 7) is 0. The molecule has 0 saturated carbocycles. The van der Waals surface area contributed by atoms with Gasteiger partial charge in [0.1, 0.15) is 45.4 Å². The smallest absolute Gasteiger partial charge is 0.171 e. The van der Waals surface area contributed by atoms with Crippen molar-refractivity contribution in [3.8, 4) is 0 Å². The van der Waals surface area contributed by atoms with Crippen LogP contribution in [0.15, 0.2) is 97.1 Å². The van der Waals surface area contributed by atoms with Crippen molar-refractivity contribution in [1.29, 1.82) is 0 Å². The molecule has 0 amide bonds. The zero-order valence-electron chi connectivity index (χ0n) is 20.0. The van der Waals surface area contributed by atoms with Gasteiger partial charge in [0.25, 0.3) is 0 Å². The van der Waals surface area contributed by atoms with Crippen LogP contribution in [0.4, 0.5) is 26.3 Å². The molecule has 0 aliphatic carbocycles. The summed E-state index contributed by atoms with van der Waals surface area (Å²) in [5.74, 6) is -4.73. The van der Waals surface area contributed by atoms with Gasteiger partial charge >= 0.3 is 0 Å². The molecule has 0 spiro atoms. The maximum atomic E-state index is 14.3. The number of halogens is 6. The van der Waals surface area contributed by atoms with Gasteiger partial charge in [-0.2, -0.15) is 0 Å². The molecule has 0 radical (unpaired) electrons. The maximum absolute atomic E-state index is 14.3. The van der Waals surface area contributed by atoms with Gasteiger partial charge in [-0.1, -0.05) is 48.6 Å². The molecule has 2 unspecified atom stereocenters. The number of hydrogen-bond donors (Lipinski definition) is 0. The van der Waals surface area contributed by atoms with Gasteiger partial charge in [-0.25, -0.2) is 34.8 Å². The highest BCUT2D eigenvalue weighted by molar-refractivity contribution is 7.92. The van der Waals surface area contributed by atoms with Gasteiger partial charge in [-0.15, -0.1) is 0 Å². The van der Waals surface area contributed by atoms with Crippen LogP contribution in [0.1, 0.15) is 32.8 Å². The second kappa shape index (κ2) is 11.7. The predicted molar refractivity (Wildman–Crippen MR) is 138 cm³/mol. The summed E-state index contributed by atoms with van der Waals surface area (Å²) in [5.41, 5.74) is 0.0641. The molecule has 0 heterocycles. The Bertz CT molecular complexity index is 1510. The van der Waals surface area contributed by atoms with Crippen molar-refractivity contribution in [2.24, 2.45) is 0 Å². The summed E-state index contributed by atoms with van der Waals surface area (Å²) < 4.78 is 111. The number of hydrogen-bond acceptors (Lipinski definition) is 2. The van der Waals surface area contributed by atoms with Crippen molar-refractivity contribution in [3.63, 3.8) is 0 Å². The largest absolute Gasteiger partial charge is 0.227 e. The molecule has 2 nitrogen and oxygen atoms in total. The first-order valence-corrected chi connectivity index (χ1v) is 13.2. The minimum atomic E-state index is -4.39. The highest BCUT2D eigenvalue weighted by atomic mass is 32.2. The summed E-state index contributed by atoms with van der Waals surface area (Å²) in [6, 6.07) is 14.8. The summed E-state index contributed by atoms with van der Waals surface area (Å²) in [4.78, 5) is 0. The van der Waals surface area contributed by atoms with Crippen molar-refractivity contribution < 1.29 is 34.8 Å². The van der Waals surface area contributed by atoms with Gasteiger partial charge in [0.15, 0.2) is 9.84 Å². The highest BCUT2D eigenvalue weighted by Gasteiger charge is 2.33. The Morgan fingerprint density at radius 2 is 0.821 bits per heavy atom. The molecule has 0 aromatic heterocycles. The fraction of sp³-hybridized carbons (Fsp3) is 0.0667. The molecule has 0 aliphatic heterocycles. The van der Waals surface area contributed by atoms with Crippen molar-refractivity contribution in [1.82, 2.24) is 0 Å². The number of rotatable bonds is 8. The van der Waals surface area contributed by atoms with Crippen LogP contribution in [0.5, 0.6) is 0 Å². The minimum Gasteiger partial charge on any atom is -0.227 e. The zero-order valence-corrected chi connectivity index (χ0v) is 20.9. The molecule has 200 valence electrons. The summed E-state index contributed by atoms with van der Waals surface area (Å²) in [7, 11) is -4.39.